The zero-order valence-electron chi connectivity index (χ0n) is 7.05. The van der Waals surface area contributed by atoms with Crippen molar-refractivity contribution in [2.45, 2.75) is 37.6 Å². The average Bonchev–Trinajstić information content (AvgIpc) is 2.77. The van der Waals surface area contributed by atoms with Crippen LogP contribution in [0.25, 0.3) is 0 Å². The fourth-order valence-corrected chi connectivity index (χ4v) is 2.33. The van der Waals surface area contributed by atoms with Crippen molar-refractivity contribution in [2.75, 3.05) is 19.7 Å². The van der Waals surface area contributed by atoms with Crippen molar-refractivity contribution in [3.8, 4) is 0 Å². The number of likely N-dealkylation sites (tertiary alicyclic amines) is 1. The summed E-state index contributed by atoms with van der Waals surface area (Å²) < 4.78 is 0. The molecule has 0 bridgehead atoms. The molecule has 2 nitrogen and oxygen atoms in total. The summed E-state index contributed by atoms with van der Waals surface area (Å²) in [5.74, 6) is 0. The summed E-state index contributed by atoms with van der Waals surface area (Å²) in [6, 6.07) is 0. The number of rotatable bonds is 2. The molecule has 2 aliphatic rings. The fraction of sp³-hybridized carbons (Fsp3) is 1.00. The zero-order valence-corrected chi connectivity index (χ0v) is 7.05. The summed E-state index contributed by atoms with van der Waals surface area (Å²) in [6.45, 7) is 2.46. The van der Waals surface area contributed by atoms with Gasteiger partial charge in [0.05, 0.1) is 6.61 Å². The van der Waals surface area contributed by atoms with Gasteiger partial charge in [-0.15, -0.1) is 0 Å². The van der Waals surface area contributed by atoms with Gasteiger partial charge in [0.25, 0.3) is 0 Å². The molecule has 1 saturated heterocycles. The van der Waals surface area contributed by atoms with Crippen LogP contribution < -0.4 is 0 Å². The molecule has 0 aromatic carbocycles. The molecule has 0 amide bonds. The number of hydrogen-bond donors (Lipinski definition) is 1. The lowest BCUT2D eigenvalue weighted by Crippen LogP contribution is -2.42. The van der Waals surface area contributed by atoms with E-state index in [0.717, 1.165) is 6.54 Å². The molecule has 1 aliphatic heterocycles. The van der Waals surface area contributed by atoms with E-state index in [1.807, 2.05) is 0 Å². The Labute approximate surface area is 68.2 Å². The second kappa shape index (κ2) is 2.76. The highest BCUT2D eigenvalue weighted by Crippen LogP contribution is 2.47. The van der Waals surface area contributed by atoms with Crippen LogP contribution in [-0.2, 0) is 0 Å². The minimum absolute atomic E-state index is 0.335. The Morgan fingerprint density at radius 3 is 2.64 bits per heavy atom. The first-order chi connectivity index (χ1) is 5.37. The molecule has 1 aliphatic carbocycles. The van der Waals surface area contributed by atoms with Gasteiger partial charge in [-0.2, -0.15) is 0 Å². The summed E-state index contributed by atoms with van der Waals surface area (Å²) >= 11 is 0. The van der Waals surface area contributed by atoms with E-state index >= 15 is 0 Å². The van der Waals surface area contributed by atoms with Crippen LogP contribution in [-0.4, -0.2) is 35.2 Å². The van der Waals surface area contributed by atoms with E-state index in [1.165, 1.54) is 38.6 Å². The van der Waals surface area contributed by atoms with Gasteiger partial charge < -0.3 is 5.11 Å². The molecule has 2 rings (SSSR count). The molecule has 64 valence electrons. The van der Waals surface area contributed by atoms with Crippen LogP contribution in [0.2, 0.25) is 0 Å². The lowest BCUT2D eigenvalue weighted by Gasteiger charge is -2.35. The van der Waals surface area contributed by atoms with E-state index in [-0.39, 0.29) is 0 Å². The molecule has 1 heterocycles. The average molecular weight is 155 g/mol. The van der Waals surface area contributed by atoms with E-state index in [4.69, 9.17) is 5.11 Å². The van der Waals surface area contributed by atoms with Crippen LogP contribution in [0.5, 0.6) is 0 Å². The third-order valence-electron chi connectivity index (χ3n) is 3.19. The molecule has 0 aromatic heterocycles. The van der Waals surface area contributed by atoms with Crippen LogP contribution in [0.1, 0.15) is 32.1 Å². The van der Waals surface area contributed by atoms with Crippen molar-refractivity contribution in [1.82, 2.24) is 4.90 Å². The topological polar surface area (TPSA) is 23.5 Å². The van der Waals surface area contributed by atoms with Crippen molar-refractivity contribution < 1.29 is 5.11 Å². The maximum atomic E-state index is 8.84. The van der Waals surface area contributed by atoms with Crippen LogP contribution in [0.4, 0.5) is 0 Å². The molecule has 0 atom stereocenters. The summed E-state index contributed by atoms with van der Waals surface area (Å²) in [5, 5.41) is 8.84. The van der Waals surface area contributed by atoms with E-state index in [1.54, 1.807) is 0 Å². The van der Waals surface area contributed by atoms with Crippen molar-refractivity contribution in [2.24, 2.45) is 0 Å². The van der Waals surface area contributed by atoms with E-state index in [0.29, 0.717) is 12.1 Å². The predicted molar refractivity (Wildman–Crippen MR) is 44.5 cm³/mol. The summed E-state index contributed by atoms with van der Waals surface area (Å²) in [7, 11) is 0. The molecule has 1 N–H and O–H groups in total. The van der Waals surface area contributed by atoms with E-state index < -0.39 is 0 Å². The highest BCUT2D eigenvalue weighted by Gasteiger charge is 2.48. The van der Waals surface area contributed by atoms with Gasteiger partial charge in [-0.1, -0.05) is 6.42 Å². The third-order valence-corrected chi connectivity index (χ3v) is 3.19. The van der Waals surface area contributed by atoms with Gasteiger partial charge in [0.15, 0.2) is 0 Å². The fourth-order valence-electron chi connectivity index (χ4n) is 2.33. The van der Waals surface area contributed by atoms with Crippen LogP contribution in [0.3, 0.4) is 0 Å². The van der Waals surface area contributed by atoms with Gasteiger partial charge in [-0.25, -0.2) is 0 Å². The van der Waals surface area contributed by atoms with Gasteiger partial charge in [0.2, 0.25) is 0 Å². The van der Waals surface area contributed by atoms with Gasteiger partial charge in [-0.05, 0) is 32.2 Å². The highest BCUT2D eigenvalue weighted by atomic mass is 16.3. The van der Waals surface area contributed by atoms with E-state index in [2.05, 4.69) is 4.90 Å². The largest absolute Gasteiger partial charge is 0.395 e. The predicted octanol–water partition coefficient (Wildman–Crippen LogP) is 0.997. The van der Waals surface area contributed by atoms with Crippen molar-refractivity contribution in [3.05, 3.63) is 0 Å². The molecule has 0 unspecified atom stereocenters. The van der Waals surface area contributed by atoms with Crippen LogP contribution in [0.15, 0.2) is 0 Å². The van der Waals surface area contributed by atoms with Gasteiger partial charge in [0, 0.05) is 12.1 Å². The molecule has 1 spiro atoms. The molecule has 0 radical (unpaired) electrons. The van der Waals surface area contributed by atoms with Crippen LogP contribution >= 0.6 is 0 Å². The number of aliphatic hydroxyl groups excluding tert-OH is 1. The normalized spacial score (nSPS) is 29.2. The Morgan fingerprint density at radius 2 is 2.00 bits per heavy atom. The van der Waals surface area contributed by atoms with Crippen molar-refractivity contribution >= 4 is 0 Å². The number of hydrogen-bond acceptors (Lipinski definition) is 2. The number of nitrogens with zero attached hydrogens (tertiary/aromatic N) is 1. The lowest BCUT2D eigenvalue weighted by molar-refractivity contribution is 0.101. The zero-order chi connectivity index (χ0) is 7.73. The van der Waals surface area contributed by atoms with Gasteiger partial charge >= 0.3 is 0 Å². The molecular formula is C9H17NO. The molecule has 2 heteroatoms. The van der Waals surface area contributed by atoms with Crippen LogP contribution in [0, 0.1) is 0 Å². The second-order valence-electron chi connectivity index (χ2n) is 3.89. The molecule has 1 saturated carbocycles. The molecule has 0 aromatic rings. The Kier molecular flexibility index (Phi) is 1.90. The summed E-state index contributed by atoms with van der Waals surface area (Å²) in [4.78, 5) is 2.50. The highest BCUT2D eigenvalue weighted by molar-refractivity contribution is 5.05. The first-order valence-corrected chi connectivity index (χ1v) is 4.73. The summed E-state index contributed by atoms with van der Waals surface area (Å²) in [5.41, 5.74) is 0.570. The SMILES string of the molecule is OCCN1CCCCC12CC2. The quantitative estimate of drug-likeness (QED) is 0.643. The first-order valence-electron chi connectivity index (χ1n) is 4.73. The van der Waals surface area contributed by atoms with Gasteiger partial charge in [0.1, 0.15) is 0 Å². The smallest absolute Gasteiger partial charge is 0.0558 e. The Bertz CT molecular complexity index is 140. The Hall–Kier alpha value is -0.0800. The number of β-amino-alcohol motifs (C(OH)–C–C–N with tert-alkyl or cyclic N) is 1. The minimum atomic E-state index is 0.335. The maximum Gasteiger partial charge on any atom is 0.0558 e. The third kappa shape index (κ3) is 1.30. The lowest BCUT2D eigenvalue weighted by atomic mass is 10.0. The molecule has 11 heavy (non-hydrogen) atoms. The van der Waals surface area contributed by atoms with Gasteiger partial charge in [-0.3, -0.25) is 4.90 Å². The summed E-state index contributed by atoms with van der Waals surface area (Å²) in [6.07, 6.45) is 6.89. The van der Waals surface area contributed by atoms with Crippen molar-refractivity contribution in [3.63, 3.8) is 0 Å². The monoisotopic (exact) mass is 155 g/mol. The number of aliphatic hydroxyl groups is 1. The first kappa shape index (κ1) is 7.56. The standard InChI is InChI=1S/C9H17NO/c11-8-7-10-6-2-1-3-9(10)4-5-9/h11H,1-8H2. The maximum absolute atomic E-state index is 8.84. The molecule has 2 fully saturated rings. The Balaban J connectivity index is 1.93. The van der Waals surface area contributed by atoms with E-state index in [9.17, 15) is 0 Å². The Morgan fingerprint density at radius 1 is 1.18 bits per heavy atom. The van der Waals surface area contributed by atoms with Crippen molar-refractivity contribution in [1.29, 1.82) is 0 Å². The second-order valence-corrected chi connectivity index (χ2v) is 3.89. The molecular weight excluding hydrogens is 138 g/mol. The number of piperidine rings is 1. The minimum Gasteiger partial charge on any atom is -0.395 e.